The number of ether oxygens (including phenoxy) is 2. The molecule has 0 amide bonds. The summed E-state index contributed by atoms with van der Waals surface area (Å²) in [6.45, 7) is 5.88. The molecule has 116 valence electrons. The maximum Gasteiger partial charge on any atom is 0.119 e. The number of rotatable bonds is 12. The third kappa shape index (κ3) is 8.87. The molecule has 21 heavy (non-hydrogen) atoms. The Bertz CT molecular complexity index is 404. The average molecular weight is 291 g/mol. The Morgan fingerprint density at radius 3 is 2.57 bits per heavy atom. The van der Waals surface area contributed by atoms with Crippen molar-refractivity contribution in [1.82, 2.24) is 0 Å². The highest BCUT2D eigenvalue weighted by molar-refractivity contribution is 5.93. The summed E-state index contributed by atoms with van der Waals surface area (Å²) in [6.07, 6.45) is 5.53. The third-order valence-corrected chi connectivity index (χ3v) is 2.86. The fraction of sp³-hybridized carbons (Fsp3) is 0.471. The molecule has 0 unspecified atom stereocenters. The molecule has 0 spiro atoms. The van der Waals surface area contributed by atoms with Gasteiger partial charge in [-0.2, -0.15) is 0 Å². The van der Waals surface area contributed by atoms with Crippen molar-refractivity contribution in [3.05, 3.63) is 43.0 Å². The van der Waals surface area contributed by atoms with Crippen molar-refractivity contribution in [3.8, 4) is 5.75 Å². The molecule has 0 saturated heterocycles. The van der Waals surface area contributed by atoms with Crippen LogP contribution >= 0.6 is 0 Å². The Kier molecular flexibility index (Phi) is 9.83. The minimum atomic E-state index is 0.686. The first-order valence-corrected chi connectivity index (χ1v) is 7.35. The van der Waals surface area contributed by atoms with Gasteiger partial charge in [0.15, 0.2) is 0 Å². The highest BCUT2D eigenvalue weighted by Gasteiger charge is 1.96. The number of hydrogen-bond donors (Lipinski definition) is 0. The molecule has 0 saturated carbocycles. The van der Waals surface area contributed by atoms with E-state index in [-0.39, 0.29) is 0 Å². The van der Waals surface area contributed by atoms with Crippen LogP contribution in [0.5, 0.6) is 5.75 Å². The van der Waals surface area contributed by atoms with Crippen LogP contribution < -0.4 is 4.74 Å². The average Bonchev–Trinajstić information content (AvgIpc) is 2.53. The van der Waals surface area contributed by atoms with Gasteiger partial charge in [0.1, 0.15) is 12.9 Å². The van der Waals surface area contributed by atoms with Gasteiger partial charge in [-0.15, -0.1) is 0 Å². The second-order valence-electron chi connectivity index (χ2n) is 4.55. The molecule has 0 atom stereocenters. The smallest absolute Gasteiger partial charge is 0.119 e. The van der Waals surface area contributed by atoms with Crippen molar-refractivity contribution in [1.29, 1.82) is 0 Å². The predicted octanol–water partition coefficient (Wildman–Crippen LogP) is 3.83. The largest absolute Gasteiger partial charge is 0.494 e. The van der Waals surface area contributed by atoms with E-state index in [2.05, 4.69) is 11.7 Å². The second-order valence-corrected chi connectivity index (χ2v) is 4.55. The lowest BCUT2D eigenvalue weighted by Gasteiger charge is -2.06. The van der Waals surface area contributed by atoms with Gasteiger partial charge in [-0.25, -0.2) is 0 Å². The van der Waals surface area contributed by atoms with Crippen LogP contribution in [-0.2, 0) is 9.57 Å². The van der Waals surface area contributed by atoms with Gasteiger partial charge in [0.2, 0.25) is 0 Å². The molecular formula is C17H25NO3. The predicted molar refractivity (Wildman–Crippen MR) is 85.9 cm³/mol. The molecular weight excluding hydrogens is 266 g/mol. The zero-order chi connectivity index (χ0) is 15.2. The summed E-state index contributed by atoms with van der Waals surface area (Å²) in [5.41, 5.74) is 0.883. The highest BCUT2D eigenvalue weighted by Crippen LogP contribution is 2.08. The van der Waals surface area contributed by atoms with E-state index in [4.69, 9.17) is 14.3 Å². The Morgan fingerprint density at radius 1 is 1.10 bits per heavy atom. The molecule has 1 rings (SSSR count). The van der Waals surface area contributed by atoms with Crippen LogP contribution in [0.25, 0.3) is 0 Å². The summed E-state index contributed by atoms with van der Waals surface area (Å²) >= 11 is 0. The molecule has 0 bridgehead atoms. The first kappa shape index (κ1) is 17.2. The van der Waals surface area contributed by atoms with E-state index in [1.54, 1.807) is 13.2 Å². The summed E-state index contributed by atoms with van der Waals surface area (Å²) in [5, 5.41) is 3.87. The van der Waals surface area contributed by atoms with Gasteiger partial charge in [0, 0.05) is 19.6 Å². The topological polar surface area (TPSA) is 40.0 Å². The molecule has 4 nitrogen and oxygen atoms in total. The van der Waals surface area contributed by atoms with E-state index >= 15 is 0 Å². The summed E-state index contributed by atoms with van der Waals surface area (Å²) < 4.78 is 11.2. The Hall–Kier alpha value is -1.81. The zero-order valence-electron chi connectivity index (χ0n) is 12.8. The molecule has 0 N–H and O–H groups in total. The summed E-state index contributed by atoms with van der Waals surface area (Å²) in [7, 11) is 1.55. The van der Waals surface area contributed by atoms with Crippen LogP contribution in [0, 0.1) is 0 Å². The van der Waals surface area contributed by atoms with Crippen molar-refractivity contribution in [2.45, 2.75) is 25.7 Å². The number of unbranched alkanes of at least 4 members (excludes halogenated alkanes) is 1. The first-order valence-electron chi connectivity index (χ1n) is 7.35. The molecule has 4 heteroatoms. The van der Waals surface area contributed by atoms with E-state index in [1.165, 1.54) is 0 Å². The summed E-state index contributed by atoms with van der Waals surface area (Å²) in [4.78, 5) is 4.73. The summed E-state index contributed by atoms with van der Waals surface area (Å²) in [6, 6.07) is 9.83. The molecule has 0 aromatic heterocycles. The Labute approximate surface area is 127 Å². The standard InChI is InChI=1S/C17H25NO3/c1-3-16(18-19-2)10-7-8-13-20-14-9-15-21-17-11-5-4-6-12-17/h3-6,11-12H,1,7-10,13-15H2,2H3/b18-16+. The van der Waals surface area contributed by atoms with Crippen LogP contribution in [0.1, 0.15) is 25.7 Å². The fourth-order valence-corrected chi connectivity index (χ4v) is 1.78. The van der Waals surface area contributed by atoms with Crippen molar-refractivity contribution in [2.24, 2.45) is 5.16 Å². The van der Waals surface area contributed by atoms with Gasteiger partial charge in [-0.3, -0.25) is 0 Å². The number of hydrogen-bond acceptors (Lipinski definition) is 4. The molecule has 0 radical (unpaired) electrons. The Morgan fingerprint density at radius 2 is 1.86 bits per heavy atom. The lowest BCUT2D eigenvalue weighted by atomic mass is 10.2. The van der Waals surface area contributed by atoms with Gasteiger partial charge in [0.25, 0.3) is 0 Å². The molecule has 0 aliphatic heterocycles. The molecule has 0 fully saturated rings. The second kappa shape index (κ2) is 12.0. The number of nitrogens with zero attached hydrogens (tertiary/aromatic N) is 1. The lowest BCUT2D eigenvalue weighted by Crippen LogP contribution is -2.04. The van der Waals surface area contributed by atoms with Gasteiger partial charge in [-0.05, 0) is 37.5 Å². The number of allylic oxidation sites excluding steroid dienone is 1. The Balaban J connectivity index is 1.91. The van der Waals surface area contributed by atoms with E-state index < -0.39 is 0 Å². The maximum atomic E-state index is 5.59. The van der Waals surface area contributed by atoms with Crippen LogP contribution in [0.3, 0.4) is 0 Å². The van der Waals surface area contributed by atoms with Crippen molar-refractivity contribution in [3.63, 3.8) is 0 Å². The third-order valence-electron chi connectivity index (χ3n) is 2.86. The van der Waals surface area contributed by atoms with E-state index in [9.17, 15) is 0 Å². The molecule has 1 aromatic carbocycles. The van der Waals surface area contributed by atoms with Crippen molar-refractivity contribution in [2.75, 3.05) is 26.9 Å². The fourth-order valence-electron chi connectivity index (χ4n) is 1.78. The lowest BCUT2D eigenvalue weighted by molar-refractivity contribution is 0.116. The van der Waals surface area contributed by atoms with Gasteiger partial charge in [-0.1, -0.05) is 29.9 Å². The van der Waals surface area contributed by atoms with Crippen LogP contribution in [0.15, 0.2) is 48.1 Å². The van der Waals surface area contributed by atoms with Crippen molar-refractivity contribution < 1.29 is 14.3 Å². The van der Waals surface area contributed by atoms with Gasteiger partial charge >= 0.3 is 0 Å². The molecule has 0 aliphatic rings. The van der Waals surface area contributed by atoms with Gasteiger partial charge < -0.3 is 14.3 Å². The number of para-hydroxylation sites is 1. The normalized spacial score (nSPS) is 11.2. The first-order chi connectivity index (χ1) is 10.4. The van der Waals surface area contributed by atoms with Crippen LogP contribution in [-0.4, -0.2) is 32.6 Å². The van der Waals surface area contributed by atoms with Crippen molar-refractivity contribution >= 4 is 5.71 Å². The van der Waals surface area contributed by atoms with Crippen LogP contribution in [0.4, 0.5) is 0 Å². The van der Waals surface area contributed by atoms with Crippen LogP contribution in [0.2, 0.25) is 0 Å². The molecule has 0 aliphatic carbocycles. The minimum Gasteiger partial charge on any atom is -0.494 e. The van der Waals surface area contributed by atoms with Gasteiger partial charge in [0.05, 0.1) is 12.3 Å². The molecule has 1 aromatic rings. The zero-order valence-corrected chi connectivity index (χ0v) is 12.8. The quantitative estimate of drug-likeness (QED) is 0.334. The van der Waals surface area contributed by atoms with E-state index in [1.807, 2.05) is 30.3 Å². The highest BCUT2D eigenvalue weighted by atomic mass is 16.6. The SMILES string of the molecule is C=C/C(CCCCOCCCOc1ccccc1)=N\OC. The number of oxime groups is 1. The van der Waals surface area contributed by atoms with E-state index in [0.717, 1.165) is 50.4 Å². The maximum absolute atomic E-state index is 5.59. The minimum absolute atomic E-state index is 0.686. The summed E-state index contributed by atoms with van der Waals surface area (Å²) in [5.74, 6) is 0.909. The monoisotopic (exact) mass is 291 g/mol. The molecule has 0 heterocycles. The number of benzene rings is 1. The van der Waals surface area contributed by atoms with E-state index in [0.29, 0.717) is 6.61 Å².